The first-order valence-electron chi connectivity index (χ1n) is 9.64. The van der Waals surface area contributed by atoms with Crippen LogP contribution >= 0.6 is 0 Å². The average molecular weight is 429 g/mol. The molecule has 0 unspecified atom stereocenters. The number of hydrogen-bond acceptors (Lipinski definition) is 5. The third-order valence-corrected chi connectivity index (χ3v) is 9.14. The molecule has 1 aliphatic heterocycles. The topological polar surface area (TPSA) is 101 Å². The lowest BCUT2D eigenvalue weighted by molar-refractivity contribution is -0.123. The lowest BCUT2D eigenvalue weighted by atomic mass is 9.95. The Morgan fingerprint density at radius 3 is 2.21 bits per heavy atom. The zero-order valence-corrected chi connectivity index (χ0v) is 18.2. The number of hydrogen-bond donors (Lipinski definition) is 1. The summed E-state index contributed by atoms with van der Waals surface area (Å²) in [6.07, 6.45) is 5.92. The van der Waals surface area contributed by atoms with Crippen molar-refractivity contribution in [2.45, 2.75) is 70.2 Å². The van der Waals surface area contributed by atoms with Crippen LogP contribution in [0.2, 0.25) is 0 Å². The van der Waals surface area contributed by atoms with Gasteiger partial charge >= 0.3 is 0 Å². The first kappa shape index (κ1) is 21.3. The van der Waals surface area contributed by atoms with E-state index in [0.717, 1.165) is 42.8 Å². The molecule has 0 atom stereocenters. The maximum atomic E-state index is 12.9. The number of carbonyl (C=O) groups is 1. The van der Waals surface area contributed by atoms with Crippen molar-refractivity contribution < 1.29 is 21.6 Å². The maximum absolute atomic E-state index is 12.9. The van der Waals surface area contributed by atoms with Crippen LogP contribution in [0.1, 0.15) is 57.9 Å². The van der Waals surface area contributed by atoms with Crippen molar-refractivity contribution in [3.8, 4) is 0 Å². The van der Waals surface area contributed by atoms with Gasteiger partial charge in [-0.05, 0) is 57.4 Å². The summed E-state index contributed by atoms with van der Waals surface area (Å²) in [5.74, 6) is -0.764. The number of benzene rings is 1. The van der Waals surface area contributed by atoms with Gasteiger partial charge < -0.3 is 0 Å². The van der Waals surface area contributed by atoms with E-state index in [4.69, 9.17) is 0 Å². The van der Waals surface area contributed by atoms with Crippen molar-refractivity contribution in [2.75, 3.05) is 10.1 Å². The quantitative estimate of drug-likeness (QED) is 0.743. The molecular weight excluding hydrogens is 400 g/mol. The van der Waals surface area contributed by atoms with Crippen molar-refractivity contribution >= 4 is 31.6 Å². The van der Waals surface area contributed by atoms with Crippen LogP contribution in [0.25, 0.3) is 0 Å². The Balaban J connectivity index is 1.89. The predicted octanol–water partition coefficient (Wildman–Crippen LogP) is 2.70. The van der Waals surface area contributed by atoms with Crippen LogP contribution in [0, 0.1) is 12.3 Å². The highest BCUT2D eigenvalue weighted by Crippen LogP contribution is 2.36. The summed E-state index contributed by atoms with van der Waals surface area (Å²) >= 11 is 0. The van der Waals surface area contributed by atoms with Gasteiger partial charge in [0.1, 0.15) is 0 Å². The summed E-state index contributed by atoms with van der Waals surface area (Å²) in [5.41, 5.74) is -0.411. The smallest absolute Gasteiger partial charge is 0.247 e. The van der Waals surface area contributed by atoms with Gasteiger partial charge in [-0.15, -0.1) is 0 Å². The second-order valence-electron chi connectivity index (χ2n) is 8.47. The van der Waals surface area contributed by atoms with E-state index in [-0.39, 0.29) is 22.4 Å². The molecule has 0 radical (unpaired) electrons. The number of carbonyl (C=O) groups excluding carboxylic acids is 1. The molecule has 1 aliphatic carbocycles. The maximum Gasteiger partial charge on any atom is 0.247 e. The molecule has 2 aliphatic rings. The number of nitrogens with one attached hydrogen (secondary N) is 1. The summed E-state index contributed by atoms with van der Waals surface area (Å²) in [6, 6.07) is 4.16. The van der Waals surface area contributed by atoms with Crippen molar-refractivity contribution in [2.24, 2.45) is 5.41 Å². The van der Waals surface area contributed by atoms with Crippen molar-refractivity contribution in [1.29, 1.82) is 0 Å². The fraction of sp³-hybridized carbons (Fsp3) is 0.632. The molecule has 1 saturated carbocycles. The molecule has 0 aromatic heterocycles. The zero-order valence-electron chi connectivity index (χ0n) is 16.6. The van der Waals surface area contributed by atoms with E-state index in [1.54, 1.807) is 20.8 Å². The molecular formula is C19H28N2O5S2. The summed E-state index contributed by atoms with van der Waals surface area (Å²) in [7, 11) is -7.49. The monoisotopic (exact) mass is 428 g/mol. The van der Waals surface area contributed by atoms with Crippen LogP contribution in [0.4, 0.5) is 5.69 Å². The van der Waals surface area contributed by atoms with Gasteiger partial charge in [0.2, 0.25) is 26.0 Å². The number of aryl methyl sites for hydroxylation is 1. The molecule has 1 aromatic carbocycles. The fourth-order valence-electron chi connectivity index (χ4n) is 4.00. The van der Waals surface area contributed by atoms with Crippen LogP contribution in [0.5, 0.6) is 0 Å². The van der Waals surface area contributed by atoms with Crippen LogP contribution in [-0.4, -0.2) is 34.5 Å². The molecule has 2 fully saturated rings. The van der Waals surface area contributed by atoms with E-state index in [1.807, 2.05) is 0 Å². The lowest BCUT2D eigenvalue weighted by Crippen LogP contribution is -2.35. The third kappa shape index (κ3) is 4.11. The minimum Gasteiger partial charge on any atom is -0.273 e. The van der Waals surface area contributed by atoms with E-state index in [2.05, 4.69) is 4.72 Å². The van der Waals surface area contributed by atoms with Crippen LogP contribution < -0.4 is 9.03 Å². The zero-order chi connectivity index (χ0) is 20.7. The minimum atomic E-state index is -3.77. The molecule has 9 heteroatoms. The van der Waals surface area contributed by atoms with Crippen LogP contribution in [0.15, 0.2) is 23.1 Å². The van der Waals surface area contributed by atoms with Gasteiger partial charge in [0.25, 0.3) is 0 Å². The van der Waals surface area contributed by atoms with Gasteiger partial charge in [0, 0.05) is 6.04 Å². The largest absolute Gasteiger partial charge is 0.273 e. The molecule has 1 heterocycles. The Hall–Kier alpha value is -1.45. The molecule has 7 nitrogen and oxygen atoms in total. The minimum absolute atomic E-state index is 0.0760. The van der Waals surface area contributed by atoms with E-state index in [9.17, 15) is 21.6 Å². The summed E-state index contributed by atoms with van der Waals surface area (Å²) in [5, 5.41) is 0. The highest BCUT2D eigenvalue weighted by atomic mass is 32.2. The Bertz CT molecular complexity index is 976. The van der Waals surface area contributed by atoms with E-state index in [1.165, 1.54) is 18.2 Å². The molecule has 3 rings (SSSR count). The number of anilines is 1. The van der Waals surface area contributed by atoms with Crippen molar-refractivity contribution in [1.82, 2.24) is 4.72 Å². The van der Waals surface area contributed by atoms with Crippen LogP contribution in [0.3, 0.4) is 0 Å². The van der Waals surface area contributed by atoms with Gasteiger partial charge in [-0.2, -0.15) is 0 Å². The molecule has 0 spiro atoms. The second kappa shape index (κ2) is 7.42. The first-order chi connectivity index (χ1) is 12.9. The number of rotatable bonds is 4. The predicted molar refractivity (Wildman–Crippen MR) is 108 cm³/mol. The number of sulfonamides is 2. The van der Waals surface area contributed by atoms with Crippen LogP contribution in [-0.2, 0) is 24.8 Å². The van der Waals surface area contributed by atoms with Crippen molar-refractivity contribution in [3.63, 3.8) is 0 Å². The third-order valence-electron chi connectivity index (χ3n) is 5.44. The molecule has 1 saturated heterocycles. The normalized spacial score (nSPS) is 23.0. The molecule has 1 aromatic rings. The Morgan fingerprint density at radius 1 is 1.11 bits per heavy atom. The summed E-state index contributed by atoms with van der Waals surface area (Å²) in [6.45, 7) is 4.80. The second-order valence-corrected chi connectivity index (χ2v) is 12.0. The highest BCUT2D eigenvalue weighted by molar-refractivity contribution is 7.94. The van der Waals surface area contributed by atoms with Gasteiger partial charge in [0.05, 0.1) is 21.8 Å². The average Bonchev–Trinajstić information content (AvgIpc) is 2.74. The Kier molecular flexibility index (Phi) is 5.64. The molecule has 28 heavy (non-hydrogen) atoms. The van der Waals surface area contributed by atoms with E-state index in [0.29, 0.717) is 5.56 Å². The standard InChI is InChI=1S/C19H28N2O5S2/c1-14-12-16(21-18(22)19(2,3)13-27(21,23)24)10-11-17(14)28(25,26)20-15-8-6-4-5-7-9-15/h10-12,15,20H,4-9,13H2,1-3H3. The van der Waals surface area contributed by atoms with Crippen molar-refractivity contribution in [3.05, 3.63) is 23.8 Å². The van der Waals surface area contributed by atoms with Gasteiger partial charge in [-0.25, -0.2) is 25.9 Å². The molecule has 156 valence electrons. The lowest BCUT2D eigenvalue weighted by Gasteiger charge is -2.20. The van der Waals surface area contributed by atoms with Gasteiger partial charge in [0.15, 0.2) is 0 Å². The van der Waals surface area contributed by atoms with E-state index < -0.39 is 31.4 Å². The Morgan fingerprint density at radius 2 is 1.71 bits per heavy atom. The summed E-state index contributed by atoms with van der Waals surface area (Å²) < 4.78 is 54.2. The van der Waals surface area contributed by atoms with Gasteiger partial charge in [-0.1, -0.05) is 25.7 Å². The van der Waals surface area contributed by atoms with Gasteiger partial charge in [-0.3, -0.25) is 4.79 Å². The highest BCUT2D eigenvalue weighted by Gasteiger charge is 2.50. The molecule has 0 bridgehead atoms. The molecule has 1 N–H and O–H groups in total. The number of nitrogens with zero attached hydrogens (tertiary/aromatic N) is 1. The molecule has 1 amide bonds. The first-order valence-corrected chi connectivity index (χ1v) is 12.7. The Labute approximate surface area is 167 Å². The fourth-order valence-corrected chi connectivity index (χ4v) is 7.63. The SMILES string of the molecule is Cc1cc(N2C(=O)C(C)(C)CS2(=O)=O)ccc1S(=O)(=O)NC1CCCCCC1. The summed E-state index contributed by atoms with van der Waals surface area (Å²) in [4.78, 5) is 12.7. The number of amides is 1. The van der Waals surface area contributed by atoms with E-state index >= 15 is 0 Å².